The van der Waals surface area contributed by atoms with Gasteiger partial charge in [0, 0.05) is 23.8 Å². The second-order valence-corrected chi connectivity index (χ2v) is 4.86. The van der Waals surface area contributed by atoms with Crippen molar-refractivity contribution in [1.82, 2.24) is 10.3 Å². The fourth-order valence-electron chi connectivity index (χ4n) is 1.80. The molecule has 1 heterocycles. The highest BCUT2D eigenvalue weighted by atomic mass is 35.5. The Morgan fingerprint density at radius 3 is 2.78 bits per heavy atom. The predicted molar refractivity (Wildman–Crippen MR) is 75.7 cm³/mol. The van der Waals surface area contributed by atoms with Crippen molar-refractivity contribution >= 4 is 11.6 Å². The first-order valence-corrected chi connectivity index (χ1v) is 6.44. The van der Waals surface area contributed by atoms with Gasteiger partial charge in [-0.1, -0.05) is 29.8 Å². The molecule has 0 aliphatic heterocycles. The summed E-state index contributed by atoms with van der Waals surface area (Å²) in [6, 6.07) is 12.3. The Hall–Kier alpha value is -1.38. The summed E-state index contributed by atoms with van der Waals surface area (Å²) >= 11 is 6.20. The fourth-order valence-corrected chi connectivity index (χ4v) is 2.10. The Labute approximate surface area is 113 Å². The summed E-state index contributed by atoms with van der Waals surface area (Å²) in [4.78, 5) is 4.33. The van der Waals surface area contributed by atoms with Crippen molar-refractivity contribution < 1.29 is 0 Å². The molecule has 0 saturated heterocycles. The van der Waals surface area contributed by atoms with Gasteiger partial charge in [0.1, 0.15) is 0 Å². The molecule has 0 bridgehead atoms. The molecule has 1 N–H and O–H groups in total. The van der Waals surface area contributed by atoms with Crippen LogP contribution in [0.5, 0.6) is 0 Å². The second-order valence-electron chi connectivity index (χ2n) is 4.45. The van der Waals surface area contributed by atoms with Crippen LogP contribution in [0.25, 0.3) is 0 Å². The number of aromatic nitrogens is 1. The van der Waals surface area contributed by atoms with Crippen molar-refractivity contribution in [2.24, 2.45) is 0 Å². The lowest BCUT2D eigenvalue weighted by atomic mass is 10.1. The van der Waals surface area contributed by atoms with Gasteiger partial charge in [-0.2, -0.15) is 0 Å². The third kappa shape index (κ3) is 3.31. The SMILES string of the molecule is Cc1ccc(CN[C@H](C)c2ccccn2)c(Cl)c1. The number of hydrogen-bond donors (Lipinski definition) is 1. The average Bonchev–Trinajstić information content (AvgIpc) is 2.38. The molecule has 1 aromatic heterocycles. The van der Waals surface area contributed by atoms with E-state index in [0.29, 0.717) is 0 Å². The van der Waals surface area contributed by atoms with E-state index in [-0.39, 0.29) is 6.04 Å². The Morgan fingerprint density at radius 2 is 2.11 bits per heavy atom. The van der Waals surface area contributed by atoms with Gasteiger partial charge in [-0.3, -0.25) is 4.98 Å². The molecule has 0 fully saturated rings. The average molecular weight is 261 g/mol. The number of nitrogens with zero attached hydrogens (tertiary/aromatic N) is 1. The zero-order valence-electron chi connectivity index (χ0n) is 10.7. The van der Waals surface area contributed by atoms with E-state index in [9.17, 15) is 0 Å². The molecule has 2 rings (SSSR count). The van der Waals surface area contributed by atoms with E-state index in [1.807, 2.05) is 37.4 Å². The fraction of sp³-hybridized carbons (Fsp3) is 0.267. The molecule has 0 saturated carbocycles. The third-order valence-corrected chi connectivity index (χ3v) is 3.29. The van der Waals surface area contributed by atoms with Crippen LogP contribution in [-0.4, -0.2) is 4.98 Å². The third-order valence-electron chi connectivity index (χ3n) is 2.94. The first-order chi connectivity index (χ1) is 8.66. The van der Waals surface area contributed by atoms with Crippen molar-refractivity contribution in [3.8, 4) is 0 Å². The molecule has 0 aliphatic carbocycles. The van der Waals surface area contributed by atoms with Crippen molar-refractivity contribution in [1.29, 1.82) is 0 Å². The number of rotatable bonds is 4. The summed E-state index contributed by atoms with van der Waals surface area (Å²) in [6.07, 6.45) is 1.81. The van der Waals surface area contributed by atoms with Gasteiger partial charge in [0.05, 0.1) is 5.69 Å². The largest absolute Gasteiger partial charge is 0.305 e. The lowest BCUT2D eigenvalue weighted by Gasteiger charge is -2.14. The van der Waals surface area contributed by atoms with E-state index in [1.165, 1.54) is 5.56 Å². The van der Waals surface area contributed by atoms with Crippen LogP contribution in [0.1, 0.15) is 29.8 Å². The van der Waals surface area contributed by atoms with E-state index >= 15 is 0 Å². The van der Waals surface area contributed by atoms with Gasteiger partial charge in [0.25, 0.3) is 0 Å². The van der Waals surface area contributed by atoms with E-state index in [1.54, 1.807) is 0 Å². The van der Waals surface area contributed by atoms with Crippen LogP contribution in [-0.2, 0) is 6.54 Å². The number of aryl methyl sites for hydroxylation is 1. The maximum Gasteiger partial charge on any atom is 0.0570 e. The van der Waals surface area contributed by atoms with Crippen molar-refractivity contribution in [3.05, 3.63) is 64.4 Å². The zero-order valence-corrected chi connectivity index (χ0v) is 11.4. The molecular formula is C15H17ClN2. The molecule has 0 aliphatic rings. The van der Waals surface area contributed by atoms with Gasteiger partial charge in [-0.15, -0.1) is 0 Å². The minimum atomic E-state index is 0.212. The van der Waals surface area contributed by atoms with Crippen molar-refractivity contribution in [2.75, 3.05) is 0 Å². The zero-order chi connectivity index (χ0) is 13.0. The van der Waals surface area contributed by atoms with Crippen LogP contribution in [0.4, 0.5) is 0 Å². The van der Waals surface area contributed by atoms with Gasteiger partial charge in [0.15, 0.2) is 0 Å². The van der Waals surface area contributed by atoms with Crippen LogP contribution < -0.4 is 5.32 Å². The number of benzene rings is 1. The Bertz CT molecular complexity index is 511. The van der Waals surface area contributed by atoms with E-state index in [4.69, 9.17) is 11.6 Å². The molecule has 0 unspecified atom stereocenters. The van der Waals surface area contributed by atoms with Crippen molar-refractivity contribution in [3.63, 3.8) is 0 Å². The maximum absolute atomic E-state index is 6.20. The second kappa shape index (κ2) is 5.98. The highest BCUT2D eigenvalue weighted by Gasteiger charge is 2.07. The summed E-state index contributed by atoms with van der Waals surface area (Å²) in [6.45, 7) is 4.89. The van der Waals surface area contributed by atoms with E-state index in [0.717, 1.165) is 22.8 Å². The molecule has 1 aromatic carbocycles. The number of hydrogen-bond acceptors (Lipinski definition) is 2. The number of halogens is 1. The molecule has 18 heavy (non-hydrogen) atoms. The Kier molecular flexibility index (Phi) is 4.34. The molecule has 3 heteroatoms. The minimum Gasteiger partial charge on any atom is -0.305 e. The van der Waals surface area contributed by atoms with Gasteiger partial charge in [-0.25, -0.2) is 0 Å². The molecule has 2 nitrogen and oxygen atoms in total. The lowest BCUT2D eigenvalue weighted by Crippen LogP contribution is -2.19. The molecule has 2 aromatic rings. The summed E-state index contributed by atoms with van der Waals surface area (Å²) in [5, 5.41) is 4.24. The van der Waals surface area contributed by atoms with Crippen LogP contribution in [0, 0.1) is 6.92 Å². The number of pyridine rings is 1. The molecule has 0 amide bonds. The first kappa shape index (κ1) is 13.1. The minimum absolute atomic E-state index is 0.212. The van der Waals surface area contributed by atoms with Crippen LogP contribution in [0.15, 0.2) is 42.6 Å². The topological polar surface area (TPSA) is 24.9 Å². The van der Waals surface area contributed by atoms with Crippen LogP contribution in [0.2, 0.25) is 5.02 Å². The quantitative estimate of drug-likeness (QED) is 0.902. The highest BCUT2D eigenvalue weighted by Crippen LogP contribution is 2.18. The number of nitrogens with one attached hydrogen (secondary N) is 1. The van der Waals surface area contributed by atoms with E-state index < -0.39 is 0 Å². The Morgan fingerprint density at radius 1 is 1.28 bits per heavy atom. The van der Waals surface area contributed by atoms with Crippen LogP contribution >= 0.6 is 11.6 Å². The highest BCUT2D eigenvalue weighted by molar-refractivity contribution is 6.31. The summed E-state index contributed by atoms with van der Waals surface area (Å²) in [5.74, 6) is 0. The Balaban J connectivity index is 1.99. The summed E-state index contributed by atoms with van der Waals surface area (Å²) in [5.41, 5.74) is 3.34. The molecule has 0 spiro atoms. The van der Waals surface area contributed by atoms with Gasteiger partial charge < -0.3 is 5.32 Å². The summed E-state index contributed by atoms with van der Waals surface area (Å²) < 4.78 is 0. The van der Waals surface area contributed by atoms with Crippen LogP contribution in [0.3, 0.4) is 0 Å². The first-order valence-electron chi connectivity index (χ1n) is 6.06. The lowest BCUT2D eigenvalue weighted by molar-refractivity contribution is 0.561. The normalized spacial score (nSPS) is 12.4. The molecule has 1 atom stereocenters. The summed E-state index contributed by atoms with van der Waals surface area (Å²) in [7, 11) is 0. The molecular weight excluding hydrogens is 244 g/mol. The predicted octanol–water partition coefficient (Wildman–Crippen LogP) is 3.89. The molecule has 0 radical (unpaired) electrons. The van der Waals surface area contributed by atoms with Gasteiger partial charge in [-0.05, 0) is 43.2 Å². The smallest absolute Gasteiger partial charge is 0.0570 e. The molecule has 94 valence electrons. The van der Waals surface area contributed by atoms with Gasteiger partial charge in [0.2, 0.25) is 0 Å². The van der Waals surface area contributed by atoms with Crippen molar-refractivity contribution in [2.45, 2.75) is 26.4 Å². The standard InChI is InChI=1S/C15H17ClN2/c1-11-6-7-13(14(16)9-11)10-18-12(2)15-5-3-4-8-17-15/h3-9,12,18H,10H2,1-2H3/t12-/m1/s1. The monoisotopic (exact) mass is 260 g/mol. The maximum atomic E-state index is 6.20. The van der Waals surface area contributed by atoms with E-state index in [2.05, 4.69) is 29.4 Å². The van der Waals surface area contributed by atoms with Gasteiger partial charge >= 0.3 is 0 Å².